The van der Waals surface area contributed by atoms with Gasteiger partial charge in [-0.25, -0.2) is 13.1 Å². The zero-order chi connectivity index (χ0) is 17.2. The number of hydrogen-bond acceptors (Lipinski definition) is 5. The Morgan fingerprint density at radius 1 is 1.17 bits per heavy atom. The molecule has 24 heavy (non-hydrogen) atoms. The molecule has 0 aliphatic rings. The number of furan rings is 1. The van der Waals surface area contributed by atoms with E-state index in [0.717, 1.165) is 4.88 Å². The van der Waals surface area contributed by atoms with Crippen LogP contribution in [0.1, 0.15) is 21.6 Å². The molecule has 0 bridgehead atoms. The predicted octanol–water partition coefficient (Wildman–Crippen LogP) is 3.55. The quantitative estimate of drug-likeness (QED) is 0.682. The van der Waals surface area contributed by atoms with Crippen LogP contribution in [0, 0.1) is 0 Å². The molecule has 2 aromatic heterocycles. The third-order valence-corrected chi connectivity index (χ3v) is 6.13. The fourth-order valence-electron chi connectivity index (χ4n) is 2.09. The molecule has 0 aliphatic heterocycles. The van der Waals surface area contributed by atoms with E-state index in [0.29, 0.717) is 15.7 Å². The van der Waals surface area contributed by atoms with Gasteiger partial charge >= 0.3 is 0 Å². The summed E-state index contributed by atoms with van der Waals surface area (Å²) in [6, 6.07) is 12.9. The summed E-state index contributed by atoms with van der Waals surface area (Å²) in [4.78, 5) is 1.62. The van der Waals surface area contributed by atoms with E-state index >= 15 is 0 Å². The predicted molar refractivity (Wildman–Crippen MR) is 92.6 cm³/mol. The van der Waals surface area contributed by atoms with Gasteiger partial charge in [0, 0.05) is 21.3 Å². The monoisotopic (exact) mass is 383 g/mol. The number of halogens is 1. The Hall–Kier alpha value is -1.64. The highest BCUT2D eigenvalue weighted by molar-refractivity contribution is 7.89. The number of aliphatic hydroxyl groups is 1. The van der Waals surface area contributed by atoms with Crippen LogP contribution in [0.2, 0.25) is 5.02 Å². The molecule has 5 nitrogen and oxygen atoms in total. The highest BCUT2D eigenvalue weighted by atomic mass is 35.5. The smallest absolute Gasteiger partial charge is 0.240 e. The van der Waals surface area contributed by atoms with E-state index in [2.05, 4.69) is 4.72 Å². The minimum atomic E-state index is -3.61. The maximum absolute atomic E-state index is 12.2. The second-order valence-corrected chi connectivity index (χ2v) is 8.40. The average molecular weight is 384 g/mol. The van der Waals surface area contributed by atoms with Crippen molar-refractivity contribution in [3.63, 3.8) is 0 Å². The highest BCUT2D eigenvalue weighted by Gasteiger charge is 2.17. The van der Waals surface area contributed by atoms with E-state index in [-0.39, 0.29) is 11.4 Å². The van der Waals surface area contributed by atoms with Crippen LogP contribution < -0.4 is 4.72 Å². The number of hydrogen-bond donors (Lipinski definition) is 2. The first-order valence-electron chi connectivity index (χ1n) is 7.01. The summed E-state index contributed by atoms with van der Waals surface area (Å²) in [6.07, 6.45) is 0.638. The molecule has 126 valence electrons. The van der Waals surface area contributed by atoms with Gasteiger partial charge in [-0.3, -0.25) is 0 Å². The number of nitrogens with one attached hydrogen (secondary N) is 1. The van der Waals surface area contributed by atoms with Crippen molar-refractivity contribution in [2.45, 2.75) is 17.5 Å². The molecule has 8 heteroatoms. The normalized spacial score (nSPS) is 13.1. The van der Waals surface area contributed by atoms with Crippen LogP contribution in [0.5, 0.6) is 0 Å². The zero-order valence-corrected chi connectivity index (χ0v) is 14.7. The topological polar surface area (TPSA) is 79.5 Å². The Morgan fingerprint density at radius 2 is 1.92 bits per heavy atom. The van der Waals surface area contributed by atoms with E-state index in [1.807, 2.05) is 0 Å². The second kappa shape index (κ2) is 7.08. The third kappa shape index (κ3) is 3.88. The Kier molecular flexibility index (Phi) is 5.07. The summed E-state index contributed by atoms with van der Waals surface area (Å²) in [5, 5.41) is 10.7. The van der Waals surface area contributed by atoms with Crippen molar-refractivity contribution >= 4 is 33.0 Å². The summed E-state index contributed by atoms with van der Waals surface area (Å²) in [7, 11) is -3.61. The number of benzene rings is 1. The Labute approximate surface area is 148 Å². The molecule has 0 radical (unpaired) electrons. The minimum Gasteiger partial charge on any atom is -0.466 e. The maximum atomic E-state index is 12.2. The van der Waals surface area contributed by atoms with Gasteiger partial charge in [0.25, 0.3) is 0 Å². The molecule has 3 aromatic rings. The van der Waals surface area contributed by atoms with Gasteiger partial charge in [-0.1, -0.05) is 11.6 Å². The Balaban J connectivity index is 1.68. The van der Waals surface area contributed by atoms with Crippen molar-refractivity contribution in [3.8, 4) is 0 Å². The molecular weight excluding hydrogens is 370 g/mol. The van der Waals surface area contributed by atoms with Crippen molar-refractivity contribution in [1.82, 2.24) is 4.72 Å². The van der Waals surface area contributed by atoms with Gasteiger partial charge in [0.15, 0.2) is 0 Å². The molecule has 0 spiro atoms. The van der Waals surface area contributed by atoms with Crippen LogP contribution in [-0.2, 0) is 16.6 Å². The zero-order valence-electron chi connectivity index (χ0n) is 12.3. The lowest BCUT2D eigenvalue weighted by Gasteiger charge is -2.06. The van der Waals surface area contributed by atoms with Gasteiger partial charge < -0.3 is 9.52 Å². The molecule has 0 aliphatic carbocycles. The molecule has 0 saturated carbocycles. The van der Waals surface area contributed by atoms with Gasteiger partial charge in [-0.05, 0) is 48.5 Å². The van der Waals surface area contributed by atoms with Crippen LogP contribution in [-0.4, -0.2) is 13.5 Å². The largest absolute Gasteiger partial charge is 0.466 e. The summed E-state index contributed by atoms with van der Waals surface area (Å²) in [6.45, 7) is 0.139. The van der Waals surface area contributed by atoms with E-state index in [4.69, 9.17) is 16.0 Å². The molecule has 1 unspecified atom stereocenters. The fourth-order valence-corrected chi connectivity index (χ4v) is 4.26. The lowest BCUT2D eigenvalue weighted by molar-refractivity contribution is 0.193. The average Bonchev–Trinajstić information content (AvgIpc) is 3.25. The van der Waals surface area contributed by atoms with Crippen molar-refractivity contribution in [3.05, 3.63) is 75.3 Å². The molecule has 2 N–H and O–H groups in total. The Bertz CT molecular complexity index is 902. The van der Waals surface area contributed by atoms with E-state index in [1.54, 1.807) is 24.3 Å². The lowest BCUT2D eigenvalue weighted by Crippen LogP contribution is -2.22. The standard InChI is InChI=1S/C16H14ClNO4S2/c17-11-3-6-13(7-4-11)24(20,21)18-10-12-5-8-15(23-12)16(19)14-2-1-9-22-14/h1-9,16,18-19H,10H2. The number of thiophene rings is 1. The first-order valence-corrected chi connectivity index (χ1v) is 9.69. The molecule has 0 fully saturated rings. The molecular formula is C16H14ClNO4S2. The summed E-state index contributed by atoms with van der Waals surface area (Å²) in [5.41, 5.74) is 0. The van der Waals surface area contributed by atoms with E-state index in [1.165, 1.54) is 41.9 Å². The number of rotatable bonds is 6. The summed E-state index contributed by atoms with van der Waals surface area (Å²) >= 11 is 7.08. The molecule has 1 atom stereocenters. The van der Waals surface area contributed by atoms with Crippen molar-refractivity contribution in [2.24, 2.45) is 0 Å². The first-order chi connectivity index (χ1) is 11.5. The minimum absolute atomic E-state index is 0.139. The Morgan fingerprint density at radius 3 is 2.58 bits per heavy atom. The molecule has 3 rings (SSSR count). The van der Waals surface area contributed by atoms with Crippen molar-refractivity contribution < 1.29 is 17.9 Å². The van der Waals surface area contributed by atoms with Crippen molar-refractivity contribution in [1.29, 1.82) is 0 Å². The first kappa shape index (κ1) is 17.2. The van der Waals surface area contributed by atoms with Crippen molar-refractivity contribution in [2.75, 3.05) is 0 Å². The van der Waals surface area contributed by atoms with Gasteiger partial charge in [0.2, 0.25) is 10.0 Å². The summed E-state index contributed by atoms with van der Waals surface area (Å²) in [5.74, 6) is 0.449. The van der Waals surface area contributed by atoms with Crippen LogP contribution in [0.4, 0.5) is 0 Å². The lowest BCUT2D eigenvalue weighted by atomic mass is 10.2. The highest BCUT2D eigenvalue weighted by Crippen LogP contribution is 2.28. The maximum Gasteiger partial charge on any atom is 0.240 e. The second-order valence-electron chi connectivity index (χ2n) is 5.00. The third-order valence-electron chi connectivity index (χ3n) is 3.32. The van der Waals surface area contributed by atoms with Crippen LogP contribution in [0.15, 0.2) is 64.1 Å². The fraction of sp³-hybridized carbons (Fsp3) is 0.125. The molecule has 0 amide bonds. The summed E-state index contributed by atoms with van der Waals surface area (Å²) < 4.78 is 32.2. The van der Waals surface area contributed by atoms with Gasteiger partial charge in [0.1, 0.15) is 11.9 Å². The van der Waals surface area contributed by atoms with E-state index < -0.39 is 16.1 Å². The number of sulfonamides is 1. The molecule has 2 heterocycles. The van der Waals surface area contributed by atoms with Crippen LogP contribution in [0.25, 0.3) is 0 Å². The number of aliphatic hydroxyl groups excluding tert-OH is 1. The van der Waals surface area contributed by atoms with Crippen LogP contribution in [0.3, 0.4) is 0 Å². The van der Waals surface area contributed by atoms with E-state index in [9.17, 15) is 13.5 Å². The van der Waals surface area contributed by atoms with Crippen LogP contribution >= 0.6 is 22.9 Å². The van der Waals surface area contributed by atoms with Gasteiger partial charge in [0.05, 0.1) is 11.2 Å². The SMILES string of the molecule is O=S(=O)(NCc1ccc(C(O)c2ccco2)s1)c1ccc(Cl)cc1. The molecule has 0 saturated heterocycles. The van der Waals surface area contributed by atoms with Gasteiger partial charge in [-0.15, -0.1) is 11.3 Å². The van der Waals surface area contributed by atoms with Gasteiger partial charge in [-0.2, -0.15) is 0 Å². The molecule has 1 aromatic carbocycles.